The molecule has 3 fully saturated rings. The number of piperazine rings is 1. The minimum atomic E-state index is 0.344. The van der Waals surface area contributed by atoms with E-state index in [0.717, 1.165) is 18.6 Å². The molecule has 2 bridgehead atoms. The number of nitrogens with zero attached hydrogens (tertiary/aromatic N) is 2. The number of rotatable bonds is 2. The molecule has 0 N–H and O–H groups in total. The van der Waals surface area contributed by atoms with E-state index in [4.69, 9.17) is 0 Å². The number of piperidine rings is 1. The fourth-order valence-electron chi connectivity index (χ4n) is 2.68. The molecule has 3 aliphatic heterocycles. The van der Waals surface area contributed by atoms with Crippen molar-refractivity contribution in [3.05, 3.63) is 12.7 Å². The maximum absolute atomic E-state index is 3.82. The van der Waals surface area contributed by atoms with E-state index in [-0.39, 0.29) is 0 Å². The normalized spacial score (nSPS) is 33.9. The lowest BCUT2D eigenvalue weighted by Gasteiger charge is -2.59. The molecule has 14 heavy (non-hydrogen) atoms. The van der Waals surface area contributed by atoms with Crippen molar-refractivity contribution < 1.29 is 0 Å². The first kappa shape index (κ1) is 10.2. The Morgan fingerprint density at radius 3 is 2.29 bits per heavy atom. The highest BCUT2D eigenvalue weighted by atomic mass is 15.4. The Bertz CT molecular complexity index is 217. The molecule has 0 spiro atoms. The van der Waals surface area contributed by atoms with Gasteiger partial charge in [-0.25, -0.2) is 0 Å². The molecule has 3 heterocycles. The molecule has 3 saturated heterocycles. The molecule has 0 amide bonds. The van der Waals surface area contributed by atoms with E-state index in [0.29, 0.717) is 5.54 Å². The van der Waals surface area contributed by atoms with Crippen molar-refractivity contribution in [2.24, 2.45) is 0 Å². The smallest absolute Gasteiger partial charge is 0.0245 e. The number of hydrogen-bond donors (Lipinski definition) is 0. The van der Waals surface area contributed by atoms with Gasteiger partial charge < -0.3 is 0 Å². The van der Waals surface area contributed by atoms with Crippen LogP contribution < -0.4 is 0 Å². The lowest BCUT2D eigenvalue weighted by molar-refractivity contribution is -0.0883. The fourth-order valence-corrected chi connectivity index (χ4v) is 2.68. The summed E-state index contributed by atoms with van der Waals surface area (Å²) >= 11 is 0. The predicted octanol–water partition coefficient (Wildman–Crippen LogP) is 1.73. The van der Waals surface area contributed by atoms with E-state index in [9.17, 15) is 0 Å². The summed E-state index contributed by atoms with van der Waals surface area (Å²) < 4.78 is 0. The molecule has 2 nitrogen and oxygen atoms in total. The van der Waals surface area contributed by atoms with Crippen LogP contribution in [-0.4, -0.2) is 47.1 Å². The molecule has 0 aromatic heterocycles. The second-order valence-corrected chi connectivity index (χ2v) is 5.60. The molecule has 3 aliphatic rings. The molecule has 80 valence electrons. The zero-order chi connectivity index (χ0) is 10.3. The summed E-state index contributed by atoms with van der Waals surface area (Å²) in [6.45, 7) is 14.3. The van der Waals surface area contributed by atoms with Crippen LogP contribution in [0.25, 0.3) is 0 Å². The molecule has 2 atom stereocenters. The van der Waals surface area contributed by atoms with Crippen molar-refractivity contribution >= 4 is 0 Å². The van der Waals surface area contributed by atoms with E-state index < -0.39 is 0 Å². The highest BCUT2D eigenvalue weighted by Crippen LogP contribution is 2.34. The SMILES string of the molecule is C=CCN1C2CC1CN(C(C)(C)C)C2. The Morgan fingerprint density at radius 1 is 1.29 bits per heavy atom. The largest absolute Gasteiger partial charge is 0.295 e. The number of hydrogen-bond acceptors (Lipinski definition) is 2. The predicted molar refractivity (Wildman–Crippen MR) is 60.4 cm³/mol. The molecule has 0 aromatic carbocycles. The van der Waals surface area contributed by atoms with Crippen molar-refractivity contribution in [1.82, 2.24) is 9.80 Å². The second-order valence-electron chi connectivity index (χ2n) is 5.60. The van der Waals surface area contributed by atoms with Crippen molar-refractivity contribution in [1.29, 1.82) is 0 Å². The van der Waals surface area contributed by atoms with Gasteiger partial charge >= 0.3 is 0 Å². The van der Waals surface area contributed by atoms with Crippen LogP contribution in [0.2, 0.25) is 0 Å². The Kier molecular flexibility index (Phi) is 2.44. The van der Waals surface area contributed by atoms with Gasteiger partial charge in [-0.15, -0.1) is 6.58 Å². The van der Waals surface area contributed by atoms with Gasteiger partial charge in [-0.3, -0.25) is 9.80 Å². The zero-order valence-corrected chi connectivity index (χ0v) is 9.66. The molecule has 3 rings (SSSR count). The lowest BCUT2D eigenvalue weighted by atomic mass is 9.85. The topological polar surface area (TPSA) is 6.48 Å². The standard InChI is InChI=1S/C12H22N2/c1-5-6-14-10-7-11(14)9-13(8-10)12(2,3)4/h5,10-11H,1,6-9H2,2-4H3. The van der Waals surface area contributed by atoms with E-state index in [1.165, 1.54) is 19.5 Å². The summed E-state index contributed by atoms with van der Waals surface area (Å²) in [4.78, 5) is 5.21. The van der Waals surface area contributed by atoms with Gasteiger partial charge in [0.15, 0.2) is 0 Å². The molecule has 0 aliphatic carbocycles. The second kappa shape index (κ2) is 3.35. The quantitative estimate of drug-likeness (QED) is 0.618. The van der Waals surface area contributed by atoms with Gasteiger partial charge in [0, 0.05) is 37.3 Å². The van der Waals surface area contributed by atoms with E-state index in [1.807, 2.05) is 6.08 Å². The lowest BCUT2D eigenvalue weighted by Crippen LogP contribution is -2.70. The molecule has 0 saturated carbocycles. The van der Waals surface area contributed by atoms with Gasteiger partial charge in [-0.2, -0.15) is 0 Å². The van der Waals surface area contributed by atoms with Crippen molar-refractivity contribution in [2.45, 2.75) is 44.8 Å². The molecule has 0 radical (unpaired) electrons. The van der Waals surface area contributed by atoms with Crippen LogP contribution in [0.1, 0.15) is 27.2 Å². The van der Waals surface area contributed by atoms with Crippen LogP contribution in [0, 0.1) is 0 Å². The average molecular weight is 194 g/mol. The van der Waals surface area contributed by atoms with Gasteiger partial charge in [0.2, 0.25) is 0 Å². The first-order valence-corrected chi connectivity index (χ1v) is 5.64. The summed E-state index contributed by atoms with van der Waals surface area (Å²) in [5.41, 5.74) is 0.344. The monoisotopic (exact) mass is 194 g/mol. The Morgan fingerprint density at radius 2 is 1.86 bits per heavy atom. The van der Waals surface area contributed by atoms with Gasteiger partial charge in [0.05, 0.1) is 0 Å². The fraction of sp³-hybridized carbons (Fsp3) is 0.833. The molecule has 2 heteroatoms. The average Bonchev–Trinajstić information content (AvgIpc) is 2.13. The van der Waals surface area contributed by atoms with Gasteiger partial charge in [-0.05, 0) is 27.2 Å². The molecule has 0 aromatic rings. The third-order valence-corrected chi connectivity index (χ3v) is 3.63. The highest BCUT2D eigenvalue weighted by molar-refractivity contribution is 5.04. The Labute approximate surface area is 87.6 Å². The highest BCUT2D eigenvalue weighted by Gasteiger charge is 2.45. The summed E-state index contributed by atoms with van der Waals surface area (Å²) in [6, 6.07) is 1.59. The van der Waals surface area contributed by atoms with Crippen molar-refractivity contribution in [3.63, 3.8) is 0 Å². The summed E-state index contributed by atoms with van der Waals surface area (Å²) in [5, 5.41) is 0. The number of fused-ring (bicyclic) bond motifs is 2. The van der Waals surface area contributed by atoms with Crippen LogP contribution in [0.4, 0.5) is 0 Å². The van der Waals surface area contributed by atoms with E-state index in [2.05, 4.69) is 37.1 Å². The van der Waals surface area contributed by atoms with E-state index in [1.54, 1.807) is 0 Å². The minimum Gasteiger partial charge on any atom is -0.295 e. The van der Waals surface area contributed by atoms with E-state index >= 15 is 0 Å². The zero-order valence-electron chi connectivity index (χ0n) is 9.66. The third-order valence-electron chi connectivity index (χ3n) is 3.63. The summed E-state index contributed by atoms with van der Waals surface area (Å²) in [6.07, 6.45) is 3.44. The van der Waals surface area contributed by atoms with Crippen LogP contribution in [0.3, 0.4) is 0 Å². The molecular weight excluding hydrogens is 172 g/mol. The third kappa shape index (κ3) is 1.61. The van der Waals surface area contributed by atoms with Crippen LogP contribution in [0.5, 0.6) is 0 Å². The molecule has 2 unspecified atom stereocenters. The maximum Gasteiger partial charge on any atom is 0.0245 e. The van der Waals surface area contributed by atoms with Crippen LogP contribution in [-0.2, 0) is 0 Å². The Balaban J connectivity index is 1.94. The van der Waals surface area contributed by atoms with Gasteiger partial charge in [0.1, 0.15) is 0 Å². The van der Waals surface area contributed by atoms with Gasteiger partial charge in [-0.1, -0.05) is 6.08 Å². The Hall–Kier alpha value is -0.340. The first-order valence-electron chi connectivity index (χ1n) is 5.64. The first-order chi connectivity index (χ1) is 6.52. The summed E-state index contributed by atoms with van der Waals surface area (Å²) in [5.74, 6) is 0. The van der Waals surface area contributed by atoms with Crippen LogP contribution >= 0.6 is 0 Å². The maximum atomic E-state index is 3.82. The van der Waals surface area contributed by atoms with Crippen LogP contribution in [0.15, 0.2) is 12.7 Å². The minimum absolute atomic E-state index is 0.344. The van der Waals surface area contributed by atoms with Gasteiger partial charge in [0.25, 0.3) is 0 Å². The van der Waals surface area contributed by atoms with Crippen molar-refractivity contribution in [3.8, 4) is 0 Å². The summed E-state index contributed by atoms with van der Waals surface area (Å²) in [7, 11) is 0. The van der Waals surface area contributed by atoms with Crippen molar-refractivity contribution in [2.75, 3.05) is 19.6 Å². The molecular formula is C12H22N2.